The monoisotopic (exact) mass is 456 g/mol. The Morgan fingerprint density at radius 1 is 1.09 bits per heavy atom. The second-order valence-electron chi connectivity index (χ2n) is 8.48. The molecule has 6 heteroatoms. The maximum atomic E-state index is 13.3. The lowest BCUT2D eigenvalue weighted by Gasteiger charge is -2.33. The molecule has 1 aliphatic rings. The molecular weight excluding hydrogens is 424 g/mol. The van der Waals surface area contributed by atoms with Gasteiger partial charge < -0.3 is 15.0 Å². The highest BCUT2D eigenvalue weighted by Crippen LogP contribution is 2.22. The number of ether oxygens (including phenoxy) is 1. The number of hydrogen-bond donors (Lipinski definition) is 1. The number of nitrogens with one attached hydrogen (secondary N) is 1. The lowest BCUT2D eigenvalue weighted by Crippen LogP contribution is -2.52. The van der Waals surface area contributed by atoms with E-state index < -0.39 is 6.04 Å². The largest absolute Gasteiger partial charge is 0.484 e. The van der Waals surface area contributed by atoms with E-state index in [0.717, 1.165) is 36.8 Å². The first-order valence-corrected chi connectivity index (χ1v) is 11.9. The van der Waals surface area contributed by atoms with Crippen molar-refractivity contribution in [2.24, 2.45) is 0 Å². The fraction of sp³-hybridized carbons (Fsp3) is 0.462. The van der Waals surface area contributed by atoms with Crippen molar-refractivity contribution < 1.29 is 14.3 Å². The summed E-state index contributed by atoms with van der Waals surface area (Å²) >= 11 is 6.37. The zero-order valence-corrected chi connectivity index (χ0v) is 19.7. The van der Waals surface area contributed by atoms with Crippen LogP contribution in [0.1, 0.15) is 56.6 Å². The fourth-order valence-electron chi connectivity index (χ4n) is 4.14. The lowest BCUT2D eigenvalue weighted by atomic mass is 9.95. The van der Waals surface area contributed by atoms with E-state index in [0.29, 0.717) is 17.2 Å². The maximum Gasteiger partial charge on any atom is 0.261 e. The number of amides is 2. The molecule has 32 heavy (non-hydrogen) atoms. The Labute approximate surface area is 196 Å². The van der Waals surface area contributed by atoms with Crippen molar-refractivity contribution in [2.75, 3.05) is 6.61 Å². The van der Waals surface area contributed by atoms with Gasteiger partial charge in [0.1, 0.15) is 11.8 Å². The van der Waals surface area contributed by atoms with Crippen LogP contribution in [0.2, 0.25) is 5.02 Å². The van der Waals surface area contributed by atoms with Gasteiger partial charge in [0, 0.05) is 17.6 Å². The Bertz CT molecular complexity index is 894. The van der Waals surface area contributed by atoms with E-state index in [2.05, 4.69) is 5.32 Å². The van der Waals surface area contributed by atoms with Crippen molar-refractivity contribution in [3.05, 3.63) is 64.7 Å². The van der Waals surface area contributed by atoms with Crippen LogP contribution in [-0.4, -0.2) is 35.4 Å². The van der Waals surface area contributed by atoms with Gasteiger partial charge in [-0.05, 0) is 49.9 Å². The van der Waals surface area contributed by atoms with Gasteiger partial charge in [0.2, 0.25) is 5.91 Å². The Hall–Kier alpha value is -2.53. The molecule has 0 aliphatic heterocycles. The molecule has 0 bridgehead atoms. The van der Waals surface area contributed by atoms with Crippen molar-refractivity contribution >= 4 is 23.4 Å². The van der Waals surface area contributed by atoms with Gasteiger partial charge in [-0.2, -0.15) is 0 Å². The number of halogens is 1. The van der Waals surface area contributed by atoms with Gasteiger partial charge in [-0.1, -0.05) is 73.7 Å². The fourth-order valence-corrected chi connectivity index (χ4v) is 4.33. The van der Waals surface area contributed by atoms with Crippen LogP contribution in [0.5, 0.6) is 5.75 Å². The van der Waals surface area contributed by atoms with Crippen molar-refractivity contribution in [3.8, 4) is 5.75 Å². The average Bonchev–Trinajstić information content (AvgIpc) is 2.80. The van der Waals surface area contributed by atoms with Crippen LogP contribution < -0.4 is 10.1 Å². The molecule has 172 valence electrons. The van der Waals surface area contributed by atoms with Crippen LogP contribution in [0, 0.1) is 6.92 Å². The van der Waals surface area contributed by atoms with Gasteiger partial charge in [-0.25, -0.2) is 0 Å². The summed E-state index contributed by atoms with van der Waals surface area (Å²) in [5.74, 6) is 0.285. The Morgan fingerprint density at radius 3 is 2.44 bits per heavy atom. The molecule has 0 spiro atoms. The first-order chi connectivity index (χ1) is 15.5. The summed E-state index contributed by atoms with van der Waals surface area (Å²) in [7, 11) is 0. The molecule has 1 saturated carbocycles. The second kappa shape index (κ2) is 11.9. The zero-order valence-electron chi connectivity index (χ0n) is 19.0. The van der Waals surface area contributed by atoms with E-state index >= 15 is 0 Å². The topological polar surface area (TPSA) is 58.6 Å². The van der Waals surface area contributed by atoms with Crippen LogP contribution in [0.4, 0.5) is 0 Å². The highest BCUT2D eigenvalue weighted by molar-refractivity contribution is 6.31. The summed E-state index contributed by atoms with van der Waals surface area (Å²) in [6, 6.07) is 14.6. The minimum absolute atomic E-state index is 0.102. The minimum Gasteiger partial charge on any atom is -0.484 e. The molecule has 2 aromatic rings. The van der Waals surface area contributed by atoms with Gasteiger partial charge in [0.05, 0.1) is 0 Å². The predicted molar refractivity (Wildman–Crippen MR) is 128 cm³/mol. The standard InChI is InChI=1S/C26H33ClN2O3/c1-3-24(26(31)28-21-10-5-4-6-11-21)29(17-20-9-7-8-12-23(20)27)25(30)18-32-22-15-13-19(2)14-16-22/h7-9,12-16,21,24H,3-6,10-11,17-18H2,1-2H3,(H,28,31)/t24-/m0/s1. The summed E-state index contributed by atoms with van der Waals surface area (Å²) in [4.78, 5) is 28.1. The predicted octanol–water partition coefficient (Wildman–Crippen LogP) is 5.28. The normalized spacial score (nSPS) is 15.1. The second-order valence-corrected chi connectivity index (χ2v) is 8.89. The highest BCUT2D eigenvalue weighted by Gasteiger charge is 2.31. The molecule has 1 atom stereocenters. The zero-order chi connectivity index (χ0) is 22.9. The summed E-state index contributed by atoms with van der Waals surface area (Å²) < 4.78 is 5.74. The molecular formula is C26H33ClN2O3. The minimum atomic E-state index is -0.581. The quantitative estimate of drug-likeness (QED) is 0.558. The summed E-state index contributed by atoms with van der Waals surface area (Å²) in [5.41, 5.74) is 1.93. The first kappa shape index (κ1) is 24.1. The lowest BCUT2D eigenvalue weighted by molar-refractivity contribution is -0.143. The van der Waals surface area contributed by atoms with Crippen LogP contribution in [0.3, 0.4) is 0 Å². The summed E-state index contributed by atoms with van der Waals surface area (Å²) in [5, 5.41) is 3.76. The van der Waals surface area contributed by atoms with Gasteiger partial charge in [0.15, 0.2) is 6.61 Å². The molecule has 1 aliphatic carbocycles. The third-order valence-electron chi connectivity index (χ3n) is 6.02. The first-order valence-electron chi connectivity index (χ1n) is 11.5. The van der Waals surface area contributed by atoms with E-state index in [1.807, 2.05) is 56.3 Å². The number of nitrogens with zero attached hydrogens (tertiary/aromatic N) is 1. The number of rotatable bonds is 9. The van der Waals surface area contributed by atoms with E-state index in [1.54, 1.807) is 11.0 Å². The van der Waals surface area contributed by atoms with Crippen LogP contribution in [-0.2, 0) is 16.1 Å². The van der Waals surface area contributed by atoms with E-state index in [1.165, 1.54) is 6.42 Å². The van der Waals surface area contributed by atoms with Gasteiger partial charge in [-0.3, -0.25) is 9.59 Å². The number of hydrogen-bond acceptors (Lipinski definition) is 3. The molecule has 3 rings (SSSR count). The molecule has 5 nitrogen and oxygen atoms in total. The average molecular weight is 457 g/mol. The van der Waals surface area contributed by atoms with Crippen LogP contribution >= 0.6 is 11.6 Å². The van der Waals surface area contributed by atoms with Crippen LogP contribution in [0.25, 0.3) is 0 Å². The van der Waals surface area contributed by atoms with Gasteiger partial charge >= 0.3 is 0 Å². The third kappa shape index (κ3) is 6.73. The summed E-state index contributed by atoms with van der Waals surface area (Å²) in [6.07, 6.45) is 5.99. The maximum absolute atomic E-state index is 13.3. The molecule has 2 amide bonds. The van der Waals surface area contributed by atoms with Gasteiger partial charge in [0.25, 0.3) is 5.91 Å². The van der Waals surface area contributed by atoms with Crippen molar-refractivity contribution in [1.29, 1.82) is 0 Å². The molecule has 0 heterocycles. The van der Waals surface area contributed by atoms with Crippen molar-refractivity contribution in [1.82, 2.24) is 10.2 Å². The number of carbonyl (C=O) groups excluding carboxylic acids is 2. The molecule has 1 N–H and O–H groups in total. The Morgan fingerprint density at radius 2 is 1.78 bits per heavy atom. The summed E-state index contributed by atoms with van der Waals surface area (Å²) in [6.45, 7) is 4.04. The number of aryl methyl sites for hydroxylation is 1. The SMILES string of the molecule is CC[C@@H](C(=O)NC1CCCCC1)N(Cc1ccccc1Cl)C(=O)COc1ccc(C)cc1. The number of carbonyl (C=O) groups is 2. The Kier molecular flexibility index (Phi) is 8.98. The third-order valence-corrected chi connectivity index (χ3v) is 6.39. The van der Waals surface area contributed by atoms with E-state index in [-0.39, 0.29) is 31.0 Å². The van der Waals surface area contributed by atoms with Crippen LogP contribution in [0.15, 0.2) is 48.5 Å². The molecule has 0 aromatic heterocycles. The number of benzene rings is 2. The molecule has 2 aromatic carbocycles. The van der Waals surface area contributed by atoms with E-state index in [4.69, 9.17) is 16.3 Å². The smallest absolute Gasteiger partial charge is 0.261 e. The molecule has 1 fully saturated rings. The van der Waals surface area contributed by atoms with Gasteiger partial charge in [-0.15, -0.1) is 0 Å². The molecule has 0 unspecified atom stereocenters. The van der Waals surface area contributed by atoms with E-state index in [9.17, 15) is 9.59 Å². The van der Waals surface area contributed by atoms with Crippen molar-refractivity contribution in [2.45, 2.75) is 71.0 Å². The molecule has 0 saturated heterocycles. The highest BCUT2D eigenvalue weighted by atomic mass is 35.5. The molecule has 0 radical (unpaired) electrons. The van der Waals surface area contributed by atoms with Crippen molar-refractivity contribution in [3.63, 3.8) is 0 Å². The Balaban J connectivity index is 1.75.